The normalized spacial score (nSPS) is 21.8. The van der Waals surface area contributed by atoms with Crippen LogP contribution in [0.1, 0.15) is 13.3 Å². The van der Waals surface area contributed by atoms with Crippen molar-refractivity contribution >= 4 is 29.4 Å². The third-order valence-electron chi connectivity index (χ3n) is 2.76. The Balaban J connectivity index is 1.79. The Kier molecular flexibility index (Phi) is 4.84. The lowest BCUT2D eigenvalue weighted by Crippen LogP contribution is -2.52. The summed E-state index contributed by atoms with van der Waals surface area (Å²) >= 11 is 1.36. The zero-order chi connectivity index (χ0) is 14.5. The predicted octanol–water partition coefficient (Wildman–Crippen LogP) is 1.91. The molecule has 3 N–H and O–H groups in total. The minimum Gasteiger partial charge on any atom is -0.336 e. The summed E-state index contributed by atoms with van der Waals surface area (Å²) < 4.78 is 13.0. The Morgan fingerprint density at radius 2 is 2.30 bits per heavy atom. The number of urea groups is 1. The number of nitrogens with one attached hydrogen (secondary N) is 3. The van der Waals surface area contributed by atoms with Crippen LogP contribution in [-0.2, 0) is 4.79 Å². The first kappa shape index (κ1) is 14.6. The molecule has 1 saturated heterocycles. The Bertz CT molecular complexity index is 512. The maximum absolute atomic E-state index is 13.0. The molecule has 0 bridgehead atoms. The second-order valence-corrected chi connectivity index (χ2v) is 5.80. The molecule has 1 aromatic rings. The first-order chi connectivity index (χ1) is 9.52. The highest BCUT2D eigenvalue weighted by atomic mass is 32.2. The number of rotatable bonds is 4. The quantitative estimate of drug-likeness (QED) is 0.795. The topological polar surface area (TPSA) is 70.2 Å². The van der Waals surface area contributed by atoms with E-state index in [-0.39, 0.29) is 29.1 Å². The first-order valence-electron chi connectivity index (χ1n) is 6.27. The number of halogens is 1. The number of hydrogen-bond donors (Lipinski definition) is 3. The van der Waals surface area contributed by atoms with Gasteiger partial charge < -0.3 is 16.0 Å². The molecule has 7 heteroatoms. The van der Waals surface area contributed by atoms with E-state index < -0.39 is 5.82 Å². The Morgan fingerprint density at radius 1 is 1.50 bits per heavy atom. The number of anilines is 1. The summed E-state index contributed by atoms with van der Waals surface area (Å²) in [5.74, 6) is -0.412. The average molecular weight is 297 g/mol. The third-order valence-corrected chi connectivity index (χ3v) is 3.90. The number of hydrogen-bond acceptors (Lipinski definition) is 3. The van der Waals surface area contributed by atoms with E-state index in [1.165, 1.54) is 30.0 Å². The van der Waals surface area contributed by atoms with Crippen molar-refractivity contribution in [3.05, 3.63) is 30.1 Å². The van der Waals surface area contributed by atoms with Crippen molar-refractivity contribution in [2.75, 3.05) is 11.1 Å². The highest BCUT2D eigenvalue weighted by Gasteiger charge is 2.23. The number of amides is 3. The number of carbonyl (C=O) groups is 2. The van der Waals surface area contributed by atoms with Crippen LogP contribution in [0.2, 0.25) is 0 Å². The van der Waals surface area contributed by atoms with Crippen molar-refractivity contribution in [2.24, 2.45) is 0 Å². The van der Waals surface area contributed by atoms with Gasteiger partial charge in [0.2, 0.25) is 5.91 Å². The predicted molar refractivity (Wildman–Crippen MR) is 77.0 cm³/mol. The van der Waals surface area contributed by atoms with Gasteiger partial charge in [0, 0.05) is 11.7 Å². The van der Waals surface area contributed by atoms with Crippen molar-refractivity contribution in [1.82, 2.24) is 10.6 Å². The Labute approximate surface area is 120 Å². The van der Waals surface area contributed by atoms with E-state index in [1.807, 2.05) is 6.92 Å². The van der Waals surface area contributed by atoms with Crippen molar-refractivity contribution in [3.8, 4) is 0 Å². The van der Waals surface area contributed by atoms with Crippen LogP contribution in [-0.4, -0.2) is 29.1 Å². The molecule has 0 radical (unpaired) electrons. The second kappa shape index (κ2) is 6.60. The van der Waals surface area contributed by atoms with Crippen LogP contribution in [0.15, 0.2) is 24.3 Å². The standard InChI is InChI=1S/C13H16FN3O2S/c1-8-5-12(17-13(19)15-8)20-7-11(18)16-10-4-2-3-9(14)6-10/h2-4,6,8,12H,5,7H2,1H3,(H,16,18)(H2,15,17,19). The molecule has 5 nitrogen and oxygen atoms in total. The zero-order valence-electron chi connectivity index (χ0n) is 11.0. The molecule has 1 aliphatic rings. The largest absolute Gasteiger partial charge is 0.336 e. The Morgan fingerprint density at radius 3 is 3.00 bits per heavy atom. The van der Waals surface area contributed by atoms with Gasteiger partial charge in [0.15, 0.2) is 0 Å². The van der Waals surface area contributed by atoms with E-state index in [4.69, 9.17) is 0 Å². The minimum absolute atomic E-state index is 0.0861. The molecular weight excluding hydrogens is 281 g/mol. The lowest BCUT2D eigenvalue weighted by Gasteiger charge is -2.28. The highest BCUT2D eigenvalue weighted by Crippen LogP contribution is 2.17. The van der Waals surface area contributed by atoms with Crippen molar-refractivity contribution in [1.29, 1.82) is 0 Å². The molecule has 0 spiro atoms. The third kappa shape index (κ3) is 4.41. The van der Waals surface area contributed by atoms with E-state index in [9.17, 15) is 14.0 Å². The van der Waals surface area contributed by atoms with E-state index in [2.05, 4.69) is 16.0 Å². The summed E-state index contributed by atoms with van der Waals surface area (Å²) in [5.41, 5.74) is 0.429. The van der Waals surface area contributed by atoms with E-state index in [1.54, 1.807) is 6.07 Å². The van der Waals surface area contributed by atoms with E-state index in [0.717, 1.165) is 6.42 Å². The van der Waals surface area contributed by atoms with Crippen LogP contribution in [0.4, 0.5) is 14.9 Å². The molecule has 108 valence electrons. The molecule has 20 heavy (non-hydrogen) atoms. The summed E-state index contributed by atoms with van der Waals surface area (Å²) in [5, 5.41) is 8.02. The summed E-state index contributed by atoms with van der Waals surface area (Å²) in [7, 11) is 0. The van der Waals surface area contributed by atoms with Gasteiger partial charge >= 0.3 is 6.03 Å². The van der Waals surface area contributed by atoms with Crippen molar-refractivity contribution in [3.63, 3.8) is 0 Å². The molecule has 1 aliphatic heterocycles. The fourth-order valence-corrected chi connectivity index (χ4v) is 2.94. The van der Waals surface area contributed by atoms with Gasteiger partial charge in [0.05, 0.1) is 11.1 Å². The SMILES string of the molecule is CC1CC(SCC(=O)Nc2cccc(F)c2)NC(=O)N1. The van der Waals surface area contributed by atoms with E-state index in [0.29, 0.717) is 5.69 Å². The molecule has 0 saturated carbocycles. The molecule has 0 aliphatic carbocycles. The van der Waals surface area contributed by atoms with Gasteiger partial charge in [-0.05, 0) is 31.5 Å². The minimum atomic E-state index is -0.394. The van der Waals surface area contributed by atoms with Crippen LogP contribution in [0.5, 0.6) is 0 Å². The van der Waals surface area contributed by atoms with Gasteiger partial charge in [-0.15, -0.1) is 11.8 Å². The van der Waals surface area contributed by atoms with Crippen LogP contribution >= 0.6 is 11.8 Å². The summed E-state index contributed by atoms with van der Waals surface area (Å²) in [6, 6.07) is 5.61. The maximum atomic E-state index is 13.0. The molecule has 2 rings (SSSR count). The van der Waals surface area contributed by atoms with Crippen LogP contribution in [0.3, 0.4) is 0 Å². The summed E-state index contributed by atoms with van der Waals surface area (Å²) in [6.07, 6.45) is 0.754. The van der Waals surface area contributed by atoms with Crippen molar-refractivity contribution < 1.29 is 14.0 Å². The van der Waals surface area contributed by atoms with E-state index >= 15 is 0 Å². The molecule has 2 unspecified atom stereocenters. The van der Waals surface area contributed by atoms with Gasteiger partial charge in [-0.3, -0.25) is 4.79 Å². The lowest BCUT2D eigenvalue weighted by molar-refractivity contribution is -0.113. The second-order valence-electron chi connectivity index (χ2n) is 4.61. The Hall–Kier alpha value is -1.76. The van der Waals surface area contributed by atoms with Gasteiger partial charge in [-0.2, -0.15) is 0 Å². The number of benzene rings is 1. The number of carbonyl (C=O) groups excluding carboxylic acids is 2. The molecule has 2 atom stereocenters. The maximum Gasteiger partial charge on any atom is 0.315 e. The molecule has 1 fully saturated rings. The van der Waals surface area contributed by atoms with Crippen LogP contribution in [0, 0.1) is 5.82 Å². The molecule has 0 aromatic heterocycles. The highest BCUT2D eigenvalue weighted by molar-refractivity contribution is 8.00. The smallest absolute Gasteiger partial charge is 0.315 e. The van der Waals surface area contributed by atoms with Gasteiger partial charge in [0.25, 0.3) is 0 Å². The number of thioether (sulfide) groups is 1. The fourth-order valence-electron chi connectivity index (χ4n) is 1.90. The molecular formula is C13H16FN3O2S. The van der Waals surface area contributed by atoms with Gasteiger partial charge in [-0.1, -0.05) is 6.07 Å². The first-order valence-corrected chi connectivity index (χ1v) is 7.32. The monoisotopic (exact) mass is 297 g/mol. The molecule has 3 amide bonds. The summed E-state index contributed by atoms with van der Waals surface area (Å²) in [4.78, 5) is 23.0. The average Bonchev–Trinajstić information content (AvgIpc) is 2.35. The lowest BCUT2D eigenvalue weighted by atomic mass is 10.2. The van der Waals surface area contributed by atoms with Gasteiger partial charge in [-0.25, -0.2) is 9.18 Å². The zero-order valence-corrected chi connectivity index (χ0v) is 11.8. The summed E-state index contributed by atoms with van der Waals surface area (Å²) in [6.45, 7) is 1.92. The van der Waals surface area contributed by atoms with Crippen LogP contribution in [0.25, 0.3) is 0 Å². The molecule has 1 aromatic carbocycles. The van der Waals surface area contributed by atoms with Gasteiger partial charge in [0.1, 0.15) is 5.82 Å². The van der Waals surface area contributed by atoms with Crippen LogP contribution < -0.4 is 16.0 Å². The fraction of sp³-hybridized carbons (Fsp3) is 0.385. The van der Waals surface area contributed by atoms with Crippen molar-refractivity contribution in [2.45, 2.75) is 24.8 Å². The molecule has 1 heterocycles.